The maximum Gasteiger partial charge on any atom is 0.243 e. The summed E-state index contributed by atoms with van der Waals surface area (Å²) in [5, 5.41) is 0. The number of hydrogen-bond acceptors (Lipinski definition) is 3. The molecule has 2 heterocycles. The van der Waals surface area contributed by atoms with Crippen molar-refractivity contribution in [3.63, 3.8) is 0 Å². The Morgan fingerprint density at radius 1 is 0.960 bits per heavy atom. The van der Waals surface area contributed by atoms with Gasteiger partial charge in [0.05, 0.1) is 4.90 Å². The van der Waals surface area contributed by atoms with Crippen LogP contribution in [0, 0.1) is 5.92 Å². The van der Waals surface area contributed by atoms with E-state index in [2.05, 4.69) is 36.2 Å². The minimum Gasteiger partial charge on any atom is -0.306 e. The van der Waals surface area contributed by atoms with Gasteiger partial charge in [-0.2, -0.15) is 4.31 Å². The fourth-order valence-electron chi connectivity index (χ4n) is 4.47. The van der Waals surface area contributed by atoms with E-state index in [1.165, 1.54) is 5.56 Å². The number of sulfonamides is 1. The van der Waals surface area contributed by atoms with Crippen molar-refractivity contribution in [2.75, 3.05) is 33.2 Å². The molecule has 0 aliphatic carbocycles. The third-order valence-corrected chi connectivity index (χ3v) is 7.69. The molecule has 4 nitrogen and oxygen atoms in total. The molecule has 0 saturated carbocycles. The molecule has 132 valence electrons. The lowest BCUT2D eigenvalue weighted by molar-refractivity contribution is 0.147. The van der Waals surface area contributed by atoms with Crippen LogP contribution < -0.4 is 0 Å². The SMILES string of the molecule is CN1CCC2(c3ccccc3)CN(S(=O)(=O)c3ccccc3)CC2C1. The highest BCUT2D eigenvalue weighted by Gasteiger charge is 2.52. The maximum absolute atomic E-state index is 13.1. The monoisotopic (exact) mass is 356 g/mol. The predicted molar refractivity (Wildman–Crippen MR) is 98.9 cm³/mol. The van der Waals surface area contributed by atoms with Crippen LogP contribution in [0.4, 0.5) is 0 Å². The lowest BCUT2D eigenvalue weighted by atomic mass is 9.68. The van der Waals surface area contributed by atoms with Gasteiger partial charge in [-0.15, -0.1) is 0 Å². The molecule has 2 aromatic rings. The van der Waals surface area contributed by atoms with Crippen LogP contribution in [0.3, 0.4) is 0 Å². The number of likely N-dealkylation sites (tertiary alicyclic amines) is 1. The fraction of sp³-hybridized carbons (Fsp3) is 0.400. The summed E-state index contributed by atoms with van der Waals surface area (Å²) in [7, 11) is -1.32. The first-order valence-corrected chi connectivity index (χ1v) is 10.3. The molecule has 4 rings (SSSR count). The normalized spacial score (nSPS) is 28.0. The highest BCUT2D eigenvalue weighted by Crippen LogP contribution is 2.46. The van der Waals surface area contributed by atoms with Gasteiger partial charge < -0.3 is 4.90 Å². The Morgan fingerprint density at radius 2 is 1.60 bits per heavy atom. The third-order valence-electron chi connectivity index (χ3n) is 5.87. The second-order valence-corrected chi connectivity index (χ2v) is 9.28. The van der Waals surface area contributed by atoms with Crippen LogP contribution in [-0.4, -0.2) is 50.8 Å². The van der Waals surface area contributed by atoms with Gasteiger partial charge in [-0.1, -0.05) is 48.5 Å². The molecule has 2 atom stereocenters. The molecule has 0 radical (unpaired) electrons. The smallest absolute Gasteiger partial charge is 0.243 e. The Bertz CT molecular complexity index is 839. The van der Waals surface area contributed by atoms with Gasteiger partial charge >= 0.3 is 0 Å². The van der Waals surface area contributed by atoms with E-state index in [4.69, 9.17) is 0 Å². The summed E-state index contributed by atoms with van der Waals surface area (Å²) < 4.78 is 28.0. The fourth-order valence-corrected chi connectivity index (χ4v) is 6.04. The van der Waals surface area contributed by atoms with E-state index in [-0.39, 0.29) is 5.41 Å². The highest BCUT2D eigenvalue weighted by atomic mass is 32.2. The number of fused-ring (bicyclic) bond motifs is 1. The van der Waals surface area contributed by atoms with Gasteiger partial charge in [-0.3, -0.25) is 0 Å². The van der Waals surface area contributed by atoms with Crippen molar-refractivity contribution in [1.82, 2.24) is 9.21 Å². The second kappa shape index (κ2) is 6.24. The average Bonchev–Trinajstić information content (AvgIpc) is 3.04. The molecule has 2 unspecified atom stereocenters. The number of rotatable bonds is 3. The first-order valence-electron chi connectivity index (χ1n) is 8.82. The number of piperidine rings is 1. The number of benzene rings is 2. The molecular formula is C20H24N2O2S. The minimum atomic E-state index is -3.45. The van der Waals surface area contributed by atoms with Gasteiger partial charge in [-0.05, 0) is 43.6 Å². The molecule has 2 aromatic carbocycles. The first kappa shape index (κ1) is 16.8. The molecule has 0 bridgehead atoms. The topological polar surface area (TPSA) is 40.6 Å². The highest BCUT2D eigenvalue weighted by molar-refractivity contribution is 7.89. The Labute approximate surface area is 150 Å². The minimum absolute atomic E-state index is 0.0738. The summed E-state index contributed by atoms with van der Waals surface area (Å²) in [5.41, 5.74) is 1.20. The van der Waals surface area contributed by atoms with Crippen molar-refractivity contribution in [2.24, 2.45) is 5.92 Å². The van der Waals surface area contributed by atoms with E-state index in [9.17, 15) is 8.42 Å². The summed E-state index contributed by atoms with van der Waals surface area (Å²) in [5.74, 6) is 0.326. The predicted octanol–water partition coefficient (Wildman–Crippen LogP) is 2.58. The Kier molecular flexibility index (Phi) is 4.18. The zero-order valence-corrected chi connectivity index (χ0v) is 15.3. The maximum atomic E-state index is 13.1. The van der Waals surface area contributed by atoms with Crippen LogP contribution >= 0.6 is 0 Å². The molecule has 2 aliphatic rings. The summed E-state index contributed by atoms with van der Waals surface area (Å²) in [6.45, 7) is 3.11. The van der Waals surface area contributed by atoms with Crippen molar-refractivity contribution in [1.29, 1.82) is 0 Å². The largest absolute Gasteiger partial charge is 0.306 e. The molecule has 2 fully saturated rings. The van der Waals surface area contributed by atoms with E-state index in [0.29, 0.717) is 23.9 Å². The summed E-state index contributed by atoms with van der Waals surface area (Å²) in [6, 6.07) is 19.3. The third kappa shape index (κ3) is 2.80. The van der Waals surface area contributed by atoms with Crippen LogP contribution in [0.1, 0.15) is 12.0 Å². The number of hydrogen-bond donors (Lipinski definition) is 0. The molecular weight excluding hydrogens is 332 g/mol. The van der Waals surface area contributed by atoms with Crippen molar-refractivity contribution >= 4 is 10.0 Å². The van der Waals surface area contributed by atoms with Gasteiger partial charge in [0, 0.05) is 25.0 Å². The van der Waals surface area contributed by atoms with Crippen LogP contribution in [0.2, 0.25) is 0 Å². The van der Waals surface area contributed by atoms with Crippen LogP contribution in [0.5, 0.6) is 0 Å². The molecule has 0 spiro atoms. The molecule has 0 N–H and O–H groups in total. The van der Waals surface area contributed by atoms with Crippen LogP contribution in [-0.2, 0) is 15.4 Å². The first-order chi connectivity index (χ1) is 12.0. The van der Waals surface area contributed by atoms with Crippen molar-refractivity contribution in [2.45, 2.75) is 16.7 Å². The van der Waals surface area contributed by atoms with Crippen molar-refractivity contribution in [3.05, 3.63) is 66.2 Å². The van der Waals surface area contributed by atoms with Crippen LogP contribution in [0.25, 0.3) is 0 Å². The van der Waals surface area contributed by atoms with Gasteiger partial charge in [-0.25, -0.2) is 8.42 Å². The van der Waals surface area contributed by atoms with Gasteiger partial charge in [0.1, 0.15) is 0 Å². The Hall–Kier alpha value is -1.69. The quantitative estimate of drug-likeness (QED) is 0.849. The van der Waals surface area contributed by atoms with E-state index in [0.717, 1.165) is 19.5 Å². The average molecular weight is 356 g/mol. The summed E-state index contributed by atoms with van der Waals surface area (Å²) in [4.78, 5) is 2.72. The standard InChI is InChI=1S/C20H24N2O2S/c1-21-13-12-20(17-8-4-2-5-9-17)16-22(15-18(20)14-21)25(23,24)19-10-6-3-7-11-19/h2-11,18H,12-16H2,1H3. The van der Waals surface area contributed by atoms with Gasteiger partial charge in [0.15, 0.2) is 0 Å². The van der Waals surface area contributed by atoms with E-state index < -0.39 is 10.0 Å². The molecule has 2 aliphatic heterocycles. The molecule has 0 amide bonds. The van der Waals surface area contributed by atoms with Crippen molar-refractivity contribution < 1.29 is 8.42 Å². The molecule has 5 heteroatoms. The summed E-state index contributed by atoms with van der Waals surface area (Å²) >= 11 is 0. The number of nitrogens with zero attached hydrogens (tertiary/aromatic N) is 2. The lowest BCUT2D eigenvalue weighted by Crippen LogP contribution is -2.48. The van der Waals surface area contributed by atoms with E-state index in [1.54, 1.807) is 28.6 Å². The Balaban J connectivity index is 1.73. The zero-order valence-electron chi connectivity index (χ0n) is 14.5. The molecule has 0 aromatic heterocycles. The Morgan fingerprint density at radius 3 is 2.28 bits per heavy atom. The van der Waals surface area contributed by atoms with Crippen molar-refractivity contribution in [3.8, 4) is 0 Å². The van der Waals surface area contributed by atoms with Crippen LogP contribution in [0.15, 0.2) is 65.6 Å². The van der Waals surface area contributed by atoms with E-state index in [1.807, 2.05) is 12.1 Å². The molecule has 2 saturated heterocycles. The summed E-state index contributed by atoms with van der Waals surface area (Å²) in [6.07, 6.45) is 0.999. The molecule has 25 heavy (non-hydrogen) atoms. The zero-order chi connectivity index (χ0) is 17.5. The van der Waals surface area contributed by atoms with Gasteiger partial charge in [0.25, 0.3) is 0 Å². The lowest BCUT2D eigenvalue weighted by Gasteiger charge is -2.42. The van der Waals surface area contributed by atoms with E-state index >= 15 is 0 Å². The second-order valence-electron chi connectivity index (χ2n) is 7.34. The van der Waals surface area contributed by atoms with Gasteiger partial charge in [0.2, 0.25) is 10.0 Å².